The first-order chi connectivity index (χ1) is 26.0. The molecule has 5 aromatic rings. The summed E-state index contributed by atoms with van der Waals surface area (Å²) in [6.07, 6.45) is -0.942. The van der Waals surface area contributed by atoms with Crippen LogP contribution in [0.2, 0.25) is 20.1 Å². The summed E-state index contributed by atoms with van der Waals surface area (Å²) < 4.78 is 51.2. The summed E-state index contributed by atoms with van der Waals surface area (Å²) >= 11 is 25.0. The number of hydrazine groups is 1. The Morgan fingerprint density at radius 3 is 1.44 bits per heavy atom. The van der Waals surface area contributed by atoms with Crippen LogP contribution in [0.25, 0.3) is 22.3 Å². The quantitative estimate of drug-likeness (QED) is 0.0898. The highest BCUT2D eigenvalue weighted by Gasteiger charge is 2.38. The van der Waals surface area contributed by atoms with E-state index in [-0.39, 0.29) is 56.6 Å². The predicted octanol–water partition coefficient (Wildman–Crippen LogP) is 8.59. The van der Waals surface area contributed by atoms with E-state index in [4.69, 9.17) is 71.1 Å². The Hall–Kier alpha value is -4.66. The number of rotatable bonds is 5. The summed E-state index contributed by atoms with van der Waals surface area (Å²) in [5, 5.41) is 1.47. The van der Waals surface area contributed by atoms with Gasteiger partial charge in [0.1, 0.15) is 31.0 Å². The lowest BCUT2D eigenvalue weighted by Crippen LogP contribution is -2.43. The van der Waals surface area contributed by atoms with Gasteiger partial charge in [0.2, 0.25) is 0 Å². The number of nitrogens with two attached hydrogens (primary N) is 3. The second kappa shape index (κ2) is 17.9. The Morgan fingerprint density at radius 1 is 0.618 bits per heavy atom. The summed E-state index contributed by atoms with van der Waals surface area (Å²) in [6.45, 7) is 0.605. The molecule has 2 atom stereocenters. The van der Waals surface area contributed by atoms with Gasteiger partial charge >= 0.3 is 0 Å². The zero-order valence-corrected chi connectivity index (χ0v) is 31.0. The molecule has 8 rings (SSSR count). The van der Waals surface area contributed by atoms with Gasteiger partial charge in [0, 0.05) is 40.9 Å². The number of ether oxygens (including phenoxy) is 4. The highest BCUT2D eigenvalue weighted by atomic mass is 35.5. The molecule has 10 nitrogen and oxygen atoms in total. The van der Waals surface area contributed by atoms with E-state index in [9.17, 15) is 18.4 Å². The minimum atomic E-state index is -0.653. The second-order valence-corrected chi connectivity index (χ2v) is 13.5. The molecule has 0 saturated heterocycles. The molecule has 0 fully saturated rings. The van der Waals surface area contributed by atoms with Crippen molar-refractivity contribution in [1.82, 2.24) is 4.90 Å². The van der Waals surface area contributed by atoms with Crippen LogP contribution in [0.1, 0.15) is 28.1 Å². The van der Waals surface area contributed by atoms with Crippen LogP contribution in [0.15, 0.2) is 84.9 Å². The zero-order valence-electron chi connectivity index (χ0n) is 28.0. The molecular formula is C39H34Cl4F2N4O6. The molecule has 5 aromatic carbocycles. The van der Waals surface area contributed by atoms with Crippen molar-refractivity contribution in [1.29, 1.82) is 0 Å². The first kappa shape index (κ1) is 41.5. The minimum absolute atomic E-state index is 0. The van der Waals surface area contributed by atoms with Gasteiger partial charge in [0.05, 0.1) is 37.8 Å². The second-order valence-electron chi connectivity index (χ2n) is 11.9. The van der Waals surface area contributed by atoms with E-state index in [0.29, 0.717) is 71.5 Å². The monoisotopic (exact) mass is 832 g/mol. The molecule has 55 heavy (non-hydrogen) atoms. The number of fused-ring (bicyclic) bond motifs is 3. The maximum atomic E-state index is 14.3. The molecule has 0 aromatic heterocycles. The summed E-state index contributed by atoms with van der Waals surface area (Å²) in [7, 11) is 0. The third-order valence-electron chi connectivity index (χ3n) is 8.45. The third-order valence-corrected chi connectivity index (χ3v) is 9.71. The van der Waals surface area contributed by atoms with Crippen LogP contribution >= 0.6 is 46.4 Å². The summed E-state index contributed by atoms with van der Waals surface area (Å²) in [5.41, 5.74) is 8.03. The molecule has 0 radical (unpaired) electrons. The number of hydrogen-bond donors (Lipinski definition) is 3. The number of carbonyl (C=O) groups is 2. The standard InChI is InChI=1S/C23H14Cl2FNO4.C15H12Cl2FNO2.CH4.H4N2/c24-17-6-3-7-18(25)20(17)16-8-12(26)9-19-21(16)31-13(11-30-19)10-27-22(28)14-4-1-2-5-15(14)23(27)29;16-11-2-1-3-12(17)14(11)10-4-8(18)5-13-15(10)21-9(6-19)7-20-13;;1-2/h1-9,13H,10-11H2;1-5,9H,6-7,19H2;1H4;1-2H2/t13-;9-;;/m00../s1. The van der Waals surface area contributed by atoms with Crippen LogP contribution < -0.4 is 36.4 Å². The van der Waals surface area contributed by atoms with Crippen LogP contribution in [0.3, 0.4) is 0 Å². The third kappa shape index (κ3) is 8.46. The van der Waals surface area contributed by atoms with Crippen molar-refractivity contribution in [2.24, 2.45) is 17.4 Å². The Labute approximate surface area is 335 Å². The molecule has 3 aliphatic heterocycles. The smallest absolute Gasteiger partial charge is 0.261 e. The topological polar surface area (TPSA) is 152 Å². The fourth-order valence-corrected chi connectivity index (χ4v) is 7.26. The van der Waals surface area contributed by atoms with Gasteiger partial charge in [0.25, 0.3) is 11.8 Å². The zero-order chi connectivity index (χ0) is 38.7. The molecule has 6 N–H and O–H groups in total. The van der Waals surface area contributed by atoms with Gasteiger partial charge in [-0.25, -0.2) is 8.78 Å². The van der Waals surface area contributed by atoms with E-state index in [2.05, 4.69) is 11.7 Å². The summed E-state index contributed by atoms with van der Waals surface area (Å²) in [4.78, 5) is 26.5. The normalized spacial score (nSPS) is 16.2. The first-order valence-electron chi connectivity index (χ1n) is 16.2. The van der Waals surface area contributed by atoms with E-state index in [1.807, 2.05) is 0 Å². The maximum Gasteiger partial charge on any atom is 0.261 e. The predicted molar refractivity (Wildman–Crippen MR) is 210 cm³/mol. The SMILES string of the molecule is C.NC[C@H]1COc2cc(F)cc(-c3c(Cl)cccc3Cl)c2O1.NN.O=C1c2ccccc2C(=O)N1C[C@H]1COc2cc(F)cc(-c3c(Cl)cccc3Cl)c2O1. The van der Waals surface area contributed by atoms with Crippen molar-refractivity contribution in [3.63, 3.8) is 0 Å². The number of carbonyl (C=O) groups excluding carboxylic acids is 2. The number of imide groups is 1. The summed E-state index contributed by atoms with van der Waals surface area (Å²) in [6, 6.07) is 21.8. The molecule has 0 unspecified atom stereocenters. The van der Waals surface area contributed by atoms with E-state index in [0.717, 1.165) is 4.90 Å². The Kier molecular flexibility index (Phi) is 13.5. The summed E-state index contributed by atoms with van der Waals surface area (Å²) in [5.74, 6) is 7.43. The number of hydrogen-bond acceptors (Lipinski definition) is 9. The van der Waals surface area contributed by atoms with E-state index < -0.39 is 17.7 Å². The molecule has 0 saturated carbocycles. The van der Waals surface area contributed by atoms with Crippen molar-refractivity contribution >= 4 is 58.2 Å². The number of halogens is 6. The molecule has 0 bridgehead atoms. The van der Waals surface area contributed by atoms with Gasteiger partial charge < -0.3 is 24.7 Å². The van der Waals surface area contributed by atoms with Crippen molar-refractivity contribution in [3.05, 3.63) is 128 Å². The lowest BCUT2D eigenvalue weighted by Gasteiger charge is -2.30. The van der Waals surface area contributed by atoms with E-state index in [1.54, 1.807) is 60.7 Å². The van der Waals surface area contributed by atoms with E-state index in [1.165, 1.54) is 24.3 Å². The van der Waals surface area contributed by atoms with Crippen molar-refractivity contribution < 1.29 is 37.3 Å². The molecule has 16 heteroatoms. The fourth-order valence-electron chi connectivity index (χ4n) is 6.06. The molecule has 3 heterocycles. The Bertz CT molecular complexity index is 2170. The van der Waals surface area contributed by atoms with Crippen molar-refractivity contribution in [3.8, 4) is 45.3 Å². The van der Waals surface area contributed by atoms with Gasteiger partial charge in [-0.2, -0.15) is 0 Å². The number of amides is 2. The molecular weight excluding hydrogens is 800 g/mol. The molecule has 288 valence electrons. The van der Waals surface area contributed by atoms with Crippen LogP contribution in [0.5, 0.6) is 23.0 Å². The van der Waals surface area contributed by atoms with E-state index >= 15 is 0 Å². The lowest BCUT2D eigenvalue weighted by atomic mass is 10.0. The maximum absolute atomic E-state index is 14.3. The van der Waals surface area contributed by atoms with Crippen LogP contribution in [0.4, 0.5) is 8.78 Å². The largest absolute Gasteiger partial charge is 0.486 e. The molecule has 3 aliphatic rings. The van der Waals surface area contributed by atoms with Gasteiger partial charge in [-0.05, 0) is 48.5 Å². The average molecular weight is 835 g/mol. The highest BCUT2D eigenvalue weighted by Crippen LogP contribution is 2.48. The minimum Gasteiger partial charge on any atom is -0.486 e. The van der Waals surface area contributed by atoms with Gasteiger partial charge in [-0.15, -0.1) is 0 Å². The first-order valence-corrected chi connectivity index (χ1v) is 17.7. The fraction of sp³-hybridized carbons (Fsp3) is 0.179. The van der Waals surface area contributed by atoms with Gasteiger partial charge in [-0.1, -0.05) is 78.1 Å². The van der Waals surface area contributed by atoms with Gasteiger partial charge in [-0.3, -0.25) is 26.2 Å². The van der Waals surface area contributed by atoms with Crippen LogP contribution in [0, 0.1) is 11.6 Å². The van der Waals surface area contributed by atoms with Crippen LogP contribution in [-0.4, -0.2) is 55.2 Å². The molecule has 2 amide bonds. The Balaban J connectivity index is 0.000000212. The number of benzene rings is 5. The lowest BCUT2D eigenvalue weighted by molar-refractivity contribution is 0.0431. The number of nitrogens with zero attached hydrogens (tertiary/aromatic N) is 1. The molecule has 0 aliphatic carbocycles. The molecule has 0 spiro atoms. The Morgan fingerprint density at radius 2 is 1.02 bits per heavy atom. The van der Waals surface area contributed by atoms with Gasteiger partial charge in [0.15, 0.2) is 29.1 Å². The average Bonchev–Trinajstić information content (AvgIpc) is 3.40. The van der Waals surface area contributed by atoms with Crippen LogP contribution in [-0.2, 0) is 0 Å². The van der Waals surface area contributed by atoms with Crippen molar-refractivity contribution in [2.75, 3.05) is 26.3 Å². The van der Waals surface area contributed by atoms with Crippen molar-refractivity contribution in [2.45, 2.75) is 19.6 Å². The highest BCUT2D eigenvalue weighted by molar-refractivity contribution is 6.40.